The smallest absolute Gasteiger partial charge is 0.225 e. The number of nitrogens with zero attached hydrogens (tertiary/aromatic N) is 2. The predicted octanol–water partition coefficient (Wildman–Crippen LogP) is 5.44. The van der Waals surface area contributed by atoms with Gasteiger partial charge in [-0.1, -0.05) is 48.0 Å². The monoisotopic (exact) mass is 394 g/mol. The average molecular weight is 395 g/mol. The molecule has 1 atom stereocenters. The molecule has 1 fully saturated rings. The highest BCUT2D eigenvalue weighted by molar-refractivity contribution is 6.31. The fourth-order valence-corrected chi connectivity index (χ4v) is 3.36. The van der Waals surface area contributed by atoms with Crippen molar-refractivity contribution in [1.29, 1.82) is 0 Å². The van der Waals surface area contributed by atoms with E-state index < -0.39 is 0 Å². The Kier molecular flexibility index (Phi) is 5.74. The molecule has 0 aliphatic carbocycles. The van der Waals surface area contributed by atoms with E-state index >= 15 is 0 Å². The van der Waals surface area contributed by atoms with Crippen LogP contribution >= 0.6 is 11.6 Å². The molecule has 0 amide bonds. The molecule has 2 N–H and O–H groups in total. The van der Waals surface area contributed by atoms with Gasteiger partial charge in [-0.05, 0) is 37.5 Å². The molecular formula is C22H23ClN4O. The van der Waals surface area contributed by atoms with Gasteiger partial charge in [0, 0.05) is 35.5 Å². The van der Waals surface area contributed by atoms with Crippen LogP contribution in [0.15, 0.2) is 54.6 Å². The number of benzene rings is 2. The molecule has 0 spiro atoms. The summed E-state index contributed by atoms with van der Waals surface area (Å²) in [5.74, 6) is 1.29. The van der Waals surface area contributed by atoms with E-state index in [4.69, 9.17) is 21.3 Å². The number of aromatic nitrogens is 2. The average Bonchev–Trinajstić information content (AvgIpc) is 3.23. The molecular weight excluding hydrogens is 372 g/mol. The second-order valence-electron chi connectivity index (χ2n) is 6.93. The lowest BCUT2D eigenvalue weighted by molar-refractivity contribution is 0.120. The summed E-state index contributed by atoms with van der Waals surface area (Å²) < 4.78 is 5.69. The van der Waals surface area contributed by atoms with E-state index in [2.05, 4.69) is 15.6 Å². The van der Waals surface area contributed by atoms with Gasteiger partial charge >= 0.3 is 0 Å². The van der Waals surface area contributed by atoms with E-state index in [0.717, 1.165) is 47.0 Å². The third-order valence-electron chi connectivity index (χ3n) is 4.75. The molecule has 0 saturated carbocycles. The molecule has 2 heterocycles. The summed E-state index contributed by atoms with van der Waals surface area (Å²) in [4.78, 5) is 9.33. The molecule has 1 aliphatic rings. The van der Waals surface area contributed by atoms with Gasteiger partial charge in [0.15, 0.2) is 0 Å². The summed E-state index contributed by atoms with van der Waals surface area (Å²) in [5.41, 5.74) is 3.82. The molecule has 0 bridgehead atoms. The summed E-state index contributed by atoms with van der Waals surface area (Å²) in [7, 11) is 0. The maximum absolute atomic E-state index is 6.26. The molecule has 2 aromatic carbocycles. The number of hydrogen-bond acceptors (Lipinski definition) is 5. The van der Waals surface area contributed by atoms with E-state index in [1.165, 1.54) is 0 Å². The van der Waals surface area contributed by atoms with Crippen molar-refractivity contribution in [3.63, 3.8) is 0 Å². The number of aryl methyl sites for hydroxylation is 1. The van der Waals surface area contributed by atoms with Crippen LogP contribution in [0.2, 0.25) is 5.02 Å². The number of anilines is 3. The lowest BCUT2D eigenvalue weighted by atomic mass is 10.1. The minimum absolute atomic E-state index is 0.219. The maximum Gasteiger partial charge on any atom is 0.225 e. The van der Waals surface area contributed by atoms with Crippen LogP contribution < -0.4 is 10.6 Å². The number of hydrogen-bond donors (Lipinski definition) is 2. The van der Waals surface area contributed by atoms with Crippen molar-refractivity contribution in [2.24, 2.45) is 0 Å². The second kappa shape index (κ2) is 8.59. The summed E-state index contributed by atoms with van der Waals surface area (Å²) >= 11 is 6.26. The molecule has 28 heavy (non-hydrogen) atoms. The maximum atomic E-state index is 6.26. The van der Waals surface area contributed by atoms with Crippen molar-refractivity contribution in [2.75, 3.05) is 23.8 Å². The van der Waals surface area contributed by atoms with Gasteiger partial charge in [-0.25, -0.2) is 4.98 Å². The molecule has 6 heteroatoms. The topological polar surface area (TPSA) is 59.1 Å². The molecule has 0 radical (unpaired) electrons. The standard InChI is InChI=1S/C22H23ClN4O/c1-15-9-10-17(12-19(15)23)25-21-13-20(16-6-3-2-4-7-16)26-22(27-21)24-14-18-8-5-11-28-18/h2-4,6-7,9-10,12-13,18H,5,8,11,14H2,1H3,(H2,24,25,26,27). The van der Waals surface area contributed by atoms with E-state index in [-0.39, 0.29) is 6.10 Å². The summed E-state index contributed by atoms with van der Waals surface area (Å²) in [6.07, 6.45) is 2.40. The minimum Gasteiger partial charge on any atom is -0.376 e. The third kappa shape index (κ3) is 4.61. The summed E-state index contributed by atoms with van der Waals surface area (Å²) in [6.45, 7) is 3.52. The lowest BCUT2D eigenvalue weighted by Crippen LogP contribution is -2.20. The van der Waals surface area contributed by atoms with Gasteiger partial charge in [-0.15, -0.1) is 0 Å². The number of nitrogens with one attached hydrogen (secondary N) is 2. The van der Waals surface area contributed by atoms with Crippen molar-refractivity contribution in [1.82, 2.24) is 9.97 Å². The van der Waals surface area contributed by atoms with Gasteiger partial charge in [-0.2, -0.15) is 4.98 Å². The van der Waals surface area contributed by atoms with Gasteiger partial charge in [-0.3, -0.25) is 0 Å². The highest BCUT2D eigenvalue weighted by Gasteiger charge is 2.16. The third-order valence-corrected chi connectivity index (χ3v) is 5.16. The van der Waals surface area contributed by atoms with Crippen molar-refractivity contribution in [2.45, 2.75) is 25.9 Å². The Morgan fingerprint density at radius 2 is 1.96 bits per heavy atom. The highest BCUT2D eigenvalue weighted by atomic mass is 35.5. The first-order valence-electron chi connectivity index (χ1n) is 9.50. The van der Waals surface area contributed by atoms with Gasteiger partial charge in [0.1, 0.15) is 5.82 Å². The Hall–Kier alpha value is -2.63. The van der Waals surface area contributed by atoms with Crippen LogP contribution in [-0.2, 0) is 4.74 Å². The van der Waals surface area contributed by atoms with Crippen LogP contribution in [0.4, 0.5) is 17.5 Å². The predicted molar refractivity (Wildman–Crippen MR) is 114 cm³/mol. The zero-order valence-electron chi connectivity index (χ0n) is 15.8. The Bertz CT molecular complexity index is 943. The fourth-order valence-electron chi connectivity index (χ4n) is 3.18. The van der Waals surface area contributed by atoms with E-state index in [1.54, 1.807) is 0 Å². The van der Waals surface area contributed by atoms with Crippen LogP contribution in [0.25, 0.3) is 11.3 Å². The van der Waals surface area contributed by atoms with Crippen LogP contribution in [0.3, 0.4) is 0 Å². The molecule has 1 saturated heterocycles. The number of rotatable bonds is 6. The Balaban J connectivity index is 1.61. The Labute approximate surface area is 170 Å². The summed E-state index contributed by atoms with van der Waals surface area (Å²) in [6, 6.07) is 17.9. The van der Waals surface area contributed by atoms with Crippen LogP contribution in [0.1, 0.15) is 18.4 Å². The normalized spacial score (nSPS) is 16.1. The molecule has 3 aromatic rings. The van der Waals surface area contributed by atoms with Crippen molar-refractivity contribution < 1.29 is 4.74 Å². The SMILES string of the molecule is Cc1ccc(Nc2cc(-c3ccccc3)nc(NCC3CCCO3)n2)cc1Cl. The number of halogens is 1. The fraction of sp³-hybridized carbons (Fsp3) is 0.273. The Morgan fingerprint density at radius 3 is 2.71 bits per heavy atom. The molecule has 144 valence electrons. The molecule has 5 nitrogen and oxygen atoms in total. The molecule has 1 aromatic heterocycles. The molecule has 1 aliphatic heterocycles. The van der Waals surface area contributed by atoms with Gasteiger partial charge < -0.3 is 15.4 Å². The van der Waals surface area contributed by atoms with Crippen LogP contribution in [0.5, 0.6) is 0 Å². The highest BCUT2D eigenvalue weighted by Crippen LogP contribution is 2.26. The summed E-state index contributed by atoms with van der Waals surface area (Å²) in [5, 5.41) is 7.40. The van der Waals surface area contributed by atoms with E-state index in [0.29, 0.717) is 18.3 Å². The largest absolute Gasteiger partial charge is 0.376 e. The molecule has 1 unspecified atom stereocenters. The van der Waals surface area contributed by atoms with Crippen molar-refractivity contribution in [3.05, 3.63) is 65.2 Å². The van der Waals surface area contributed by atoms with Gasteiger partial charge in [0.05, 0.1) is 11.8 Å². The van der Waals surface area contributed by atoms with Crippen LogP contribution in [-0.4, -0.2) is 29.2 Å². The van der Waals surface area contributed by atoms with Crippen molar-refractivity contribution in [3.8, 4) is 11.3 Å². The van der Waals surface area contributed by atoms with Crippen LogP contribution in [0, 0.1) is 6.92 Å². The number of ether oxygens (including phenoxy) is 1. The first-order chi connectivity index (χ1) is 13.7. The van der Waals surface area contributed by atoms with Crippen molar-refractivity contribution >= 4 is 29.1 Å². The van der Waals surface area contributed by atoms with E-state index in [9.17, 15) is 0 Å². The van der Waals surface area contributed by atoms with E-state index in [1.807, 2.05) is 61.5 Å². The Morgan fingerprint density at radius 1 is 1.11 bits per heavy atom. The quantitative estimate of drug-likeness (QED) is 0.583. The first kappa shape index (κ1) is 18.7. The van der Waals surface area contributed by atoms with Gasteiger partial charge in [0.25, 0.3) is 0 Å². The molecule has 4 rings (SSSR count). The second-order valence-corrected chi connectivity index (χ2v) is 7.34. The zero-order valence-corrected chi connectivity index (χ0v) is 16.5. The van der Waals surface area contributed by atoms with Gasteiger partial charge in [0.2, 0.25) is 5.95 Å². The zero-order chi connectivity index (χ0) is 19.3. The minimum atomic E-state index is 0.219. The first-order valence-corrected chi connectivity index (χ1v) is 9.88. The lowest BCUT2D eigenvalue weighted by Gasteiger charge is -2.14.